The van der Waals surface area contributed by atoms with Crippen LogP contribution in [0, 0.1) is 5.82 Å². The Kier molecular flexibility index (Phi) is 1.73. The number of furan rings is 1. The molecule has 0 atom stereocenters. The van der Waals surface area contributed by atoms with Gasteiger partial charge >= 0.3 is 0 Å². The highest BCUT2D eigenvalue weighted by molar-refractivity contribution is 5.82. The Hall–Kier alpha value is -2.30. The van der Waals surface area contributed by atoms with E-state index >= 15 is 0 Å². The number of halogens is 1. The summed E-state index contributed by atoms with van der Waals surface area (Å²) in [6.45, 7) is 0. The average Bonchev–Trinajstić information content (AvgIpc) is 2.84. The Labute approximate surface area is 89.4 Å². The van der Waals surface area contributed by atoms with Crippen molar-refractivity contribution in [1.29, 1.82) is 0 Å². The summed E-state index contributed by atoms with van der Waals surface area (Å²) in [6, 6.07) is 7.91. The molecular weight excluding hydrogens is 211 g/mol. The molecule has 3 rings (SSSR count). The van der Waals surface area contributed by atoms with Gasteiger partial charge in [-0.3, -0.25) is 0 Å². The highest BCUT2D eigenvalue weighted by atomic mass is 19.1. The van der Waals surface area contributed by atoms with Crippen molar-refractivity contribution in [3.05, 3.63) is 36.1 Å². The first-order valence-corrected chi connectivity index (χ1v) is 4.64. The van der Waals surface area contributed by atoms with Gasteiger partial charge in [-0.1, -0.05) is 17.3 Å². The van der Waals surface area contributed by atoms with Crippen LogP contribution in [0.3, 0.4) is 0 Å². The summed E-state index contributed by atoms with van der Waals surface area (Å²) in [5.74, 6) is 0.643. The van der Waals surface area contributed by atoms with Gasteiger partial charge < -0.3 is 14.7 Å². The smallest absolute Gasteiger partial charge is 0.204 e. The van der Waals surface area contributed by atoms with E-state index < -0.39 is 5.82 Å². The zero-order valence-corrected chi connectivity index (χ0v) is 8.11. The molecule has 0 aliphatic heterocycles. The van der Waals surface area contributed by atoms with Crippen LogP contribution in [0.4, 0.5) is 10.2 Å². The number of anilines is 1. The fraction of sp³-hybridized carbons (Fsp3) is 0. The van der Waals surface area contributed by atoms with Crippen LogP contribution in [0.15, 0.2) is 39.3 Å². The van der Waals surface area contributed by atoms with E-state index in [1.807, 2.05) is 0 Å². The topological polar surface area (TPSA) is 65.2 Å². The van der Waals surface area contributed by atoms with Crippen molar-refractivity contribution in [2.75, 3.05) is 5.73 Å². The maximum Gasteiger partial charge on any atom is 0.204 e. The maximum atomic E-state index is 13.4. The van der Waals surface area contributed by atoms with Gasteiger partial charge in [0, 0.05) is 11.5 Å². The second-order valence-corrected chi connectivity index (χ2v) is 3.38. The minimum absolute atomic E-state index is 0.201. The number of nitrogen functional groups attached to an aromatic ring is 1. The van der Waals surface area contributed by atoms with Crippen LogP contribution in [-0.4, -0.2) is 5.16 Å². The van der Waals surface area contributed by atoms with Crippen molar-refractivity contribution < 1.29 is 13.3 Å². The van der Waals surface area contributed by atoms with E-state index in [0.717, 1.165) is 0 Å². The predicted octanol–water partition coefficient (Wildman–Crippen LogP) is 2.81. The number of fused-ring (bicyclic) bond motifs is 1. The van der Waals surface area contributed by atoms with E-state index in [9.17, 15) is 4.39 Å². The molecule has 0 saturated heterocycles. The molecule has 2 aromatic heterocycles. The van der Waals surface area contributed by atoms with Crippen LogP contribution in [0.2, 0.25) is 0 Å². The maximum absolute atomic E-state index is 13.4. The van der Waals surface area contributed by atoms with Gasteiger partial charge in [-0.15, -0.1) is 0 Å². The van der Waals surface area contributed by atoms with Gasteiger partial charge in [0.2, 0.25) is 5.76 Å². The van der Waals surface area contributed by atoms with Crippen molar-refractivity contribution >= 4 is 16.8 Å². The fourth-order valence-corrected chi connectivity index (χ4v) is 1.55. The lowest BCUT2D eigenvalue weighted by Crippen LogP contribution is -1.79. The number of aromatic nitrogens is 1. The second-order valence-electron chi connectivity index (χ2n) is 3.38. The van der Waals surface area contributed by atoms with Crippen molar-refractivity contribution in [3.63, 3.8) is 0 Å². The van der Waals surface area contributed by atoms with Crippen LogP contribution in [-0.2, 0) is 0 Å². The first kappa shape index (κ1) is 8.96. The highest BCUT2D eigenvalue weighted by Crippen LogP contribution is 2.29. The van der Waals surface area contributed by atoms with Gasteiger partial charge in [0.25, 0.3) is 0 Å². The predicted molar refractivity (Wildman–Crippen MR) is 56.1 cm³/mol. The monoisotopic (exact) mass is 218 g/mol. The zero-order valence-electron chi connectivity index (χ0n) is 8.11. The summed E-state index contributed by atoms with van der Waals surface area (Å²) in [7, 11) is 0. The van der Waals surface area contributed by atoms with E-state index in [1.54, 1.807) is 18.2 Å². The number of nitrogens with two attached hydrogens (primary N) is 1. The fourth-order valence-electron chi connectivity index (χ4n) is 1.55. The molecule has 3 aromatic rings. The largest absolute Gasteiger partial charge is 0.450 e. The summed E-state index contributed by atoms with van der Waals surface area (Å²) in [5.41, 5.74) is 5.62. The van der Waals surface area contributed by atoms with E-state index in [-0.39, 0.29) is 11.4 Å². The van der Waals surface area contributed by atoms with E-state index in [2.05, 4.69) is 5.16 Å². The molecule has 2 N–H and O–H groups in total. The molecule has 80 valence electrons. The summed E-state index contributed by atoms with van der Waals surface area (Å²) in [6.07, 6.45) is 0. The molecule has 16 heavy (non-hydrogen) atoms. The number of nitrogens with zero attached hydrogens (tertiary/aromatic N) is 1. The first-order chi connectivity index (χ1) is 7.74. The molecule has 0 bridgehead atoms. The molecule has 0 amide bonds. The number of hydrogen-bond donors (Lipinski definition) is 1. The lowest BCUT2D eigenvalue weighted by Gasteiger charge is -1.88. The molecule has 2 heterocycles. The highest BCUT2D eigenvalue weighted by Gasteiger charge is 2.12. The SMILES string of the molecule is Nc1cc(-c2cc3cccc(F)c3o2)on1. The summed E-state index contributed by atoms with van der Waals surface area (Å²) >= 11 is 0. The lowest BCUT2D eigenvalue weighted by atomic mass is 10.2. The molecule has 4 nitrogen and oxygen atoms in total. The van der Waals surface area contributed by atoms with E-state index in [4.69, 9.17) is 14.7 Å². The normalized spacial score (nSPS) is 11.1. The van der Waals surface area contributed by atoms with Gasteiger partial charge in [-0.05, 0) is 12.1 Å². The molecule has 0 spiro atoms. The Balaban J connectivity index is 2.22. The first-order valence-electron chi connectivity index (χ1n) is 4.64. The van der Waals surface area contributed by atoms with E-state index in [0.29, 0.717) is 16.9 Å². The standard InChI is InChI=1S/C11H7FN2O2/c12-7-3-1-2-6-4-8(15-11(6)7)9-5-10(13)14-16-9/h1-5H,(H2,13,14). The Bertz CT molecular complexity index is 657. The molecule has 0 radical (unpaired) electrons. The minimum atomic E-state index is -0.406. The average molecular weight is 218 g/mol. The van der Waals surface area contributed by atoms with Crippen LogP contribution in [0.1, 0.15) is 0 Å². The van der Waals surface area contributed by atoms with Gasteiger partial charge in [0.1, 0.15) is 0 Å². The molecule has 1 aromatic carbocycles. The number of hydrogen-bond acceptors (Lipinski definition) is 4. The summed E-state index contributed by atoms with van der Waals surface area (Å²) in [4.78, 5) is 0. The molecule has 0 unspecified atom stereocenters. The Morgan fingerprint density at radius 3 is 2.75 bits per heavy atom. The van der Waals surface area contributed by atoms with Crippen LogP contribution in [0.5, 0.6) is 0 Å². The van der Waals surface area contributed by atoms with Crippen molar-refractivity contribution in [2.24, 2.45) is 0 Å². The lowest BCUT2D eigenvalue weighted by molar-refractivity contribution is 0.423. The summed E-state index contributed by atoms with van der Waals surface area (Å²) in [5, 5.41) is 4.21. The van der Waals surface area contributed by atoms with Crippen molar-refractivity contribution in [1.82, 2.24) is 5.16 Å². The summed E-state index contributed by atoms with van der Waals surface area (Å²) < 4.78 is 23.6. The molecule has 5 heteroatoms. The molecule has 0 aliphatic rings. The van der Waals surface area contributed by atoms with E-state index in [1.165, 1.54) is 12.1 Å². The Morgan fingerprint density at radius 2 is 2.06 bits per heavy atom. The van der Waals surface area contributed by atoms with Crippen LogP contribution < -0.4 is 5.73 Å². The molecule has 0 saturated carbocycles. The van der Waals surface area contributed by atoms with Crippen molar-refractivity contribution in [2.45, 2.75) is 0 Å². The molecular formula is C11H7FN2O2. The third-order valence-electron chi connectivity index (χ3n) is 2.27. The van der Waals surface area contributed by atoms with Crippen LogP contribution in [0.25, 0.3) is 22.5 Å². The van der Waals surface area contributed by atoms with Crippen molar-refractivity contribution in [3.8, 4) is 11.5 Å². The molecule has 0 aliphatic carbocycles. The zero-order chi connectivity index (χ0) is 11.1. The van der Waals surface area contributed by atoms with Gasteiger partial charge in [-0.25, -0.2) is 4.39 Å². The second kappa shape index (κ2) is 3.10. The number of benzene rings is 1. The number of rotatable bonds is 1. The van der Waals surface area contributed by atoms with Gasteiger partial charge in [0.05, 0.1) is 0 Å². The minimum Gasteiger partial charge on any atom is -0.450 e. The molecule has 0 fully saturated rings. The third-order valence-corrected chi connectivity index (χ3v) is 2.27. The Morgan fingerprint density at radius 1 is 1.19 bits per heavy atom. The quantitative estimate of drug-likeness (QED) is 0.682. The number of para-hydroxylation sites is 1. The third kappa shape index (κ3) is 1.25. The van der Waals surface area contributed by atoms with Gasteiger partial charge in [-0.2, -0.15) is 0 Å². The van der Waals surface area contributed by atoms with Gasteiger partial charge in [0.15, 0.2) is 23.0 Å². The van der Waals surface area contributed by atoms with Crippen LogP contribution >= 0.6 is 0 Å².